The molecule has 3 amide bonds. The van der Waals surface area contributed by atoms with Crippen molar-refractivity contribution < 1.29 is 28.7 Å². The second-order valence-electron chi connectivity index (χ2n) is 18.2. The zero-order valence-corrected chi connectivity index (χ0v) is 37.2. The van der Waals surface area contributed by atoms with Crippen molar-refractivity contribution in [2.45, 2.75) is 97.2 Å². The Morgan fingerprint density at radius 1 is 0.778 bits per heavy atom. The van der Waals surface area contributed by atoms with Gasteiger partial charge in [-0.1, -0.05) is 50.3 Å². The van der Waals surface area contributed by atoms with Crippen molar-refractivity contribution in [1.29, 1.82) is 0 Å². The number of hydrogen-bond acceptors (Lipinski definition) is 10. The van der Waals surface area contributed by atoms with Crippen LogP contribution in [-0.4, -0.2) is 129 Å². The minimum absolute atomic E-state index is 0.0576. The number of ether oxygens (including phenoxy) is 2. The maximum absolute atomic E-state index is 14.5. The predicted molar refractivity (Wildman–Crippen MR) is 240 cm³/mol. The number of likely N-dealkylation sites (tertiary alicyclic amines) is 1. The van der Waals surface area contributed by atoms with Gasteiger partial charge in [-0.25, -0.2) is 9.48 Å². The van der Waals surface area contributed by atoms with E-state index in [1.54, 1.807) is 23.4 Å². The van der Waals surface area contributed by atoms with Gasteiger partial charge in [-0.05, 0) is 106 Å². The number of para-hydroxylation sites is 1. The third kappa shape index (κ3) is 10.1. The Morgan fingerprint density at radius 3 is 2.14 bits per heavy atom. The van der Waals surface area contributed by atoms with Crippen LogP contribution in [0.25, 0.3) is 21.8 Å². The normalized spacial score (nSPS) is 25.2. The second kappa shape index (κ2) is 19.5. The highest BCUT2D eigenvalue weighted by Crippen LogP contribution is 2.29. The molecule has 3 unspecified atom stereocenters. The van der Waals surface area contributed by atoms with E-state index in [1.807, 2.05) is 72.6 Å². The molecule has 15 nitrogen and oxygen atoms in total. The fraction of sp³-hybridized carbons (Fsp3) is 0.542. The number of hydrogen-bond donors (Lipinski definition) is 1. The largest absolute Gasteiger partial charge is 0.444 e. The standard InChI is InChI=1S/C48H62N8O7/c1-32-9-5-6-10-33(2)47(60)63-31-56-42-12-8-7-11-37(42)28-40(44(56)57)36-13-19-54(20-14-36)48(61)49-41(45(58)53-23-21-52(22-24-53)39-15-17-51(4)18-16-39)27-35-25-34(3)43-38(26-35)29-55(50-43)30-62-46(32)59/h5-8,11-12,25-26,28-29,32-33,36,39,41H,9-10,13-24,27,30-31H2,1-4H3,(H,49,61)/b6-5-. The molecular formula is C48H62N8O7. The highest BCUT2D eigenvalue weighted by Gasteiger charge is 2.34. The van der Waals surface area contributed by atoms with E-state index in [2.05, 4.69) is 22.2 Å². The molecule has 1 N–H and O–H groups in total. The maximum Gasteiger partial charge on any atom is 0.318 e. The molecule has 0 spiro atoms. The molecule has 2 aromatic heterocycles. The second-order valence-corrected chi connectivity index (χ2v) is 18.2. The number of piperazine rings is 1. The fourth-order valence-electron chi connectivity index (χ4n) is 9.68. The van der Waals surface area contributed by atoms with Gasteiger partial charge in [0.1, 0.15) is 6.04 Å². The first kappa shape index (κ1) is 44.1. The zero-order chi connectivity index (χ0) is 44.2. The zero-order valence-electron chi connectivity index (χ0n) is 37.2. The number of rotatable bonds is 2. The van der Waals surface area contributed by atoms with Gasteiger partial charge in [0.15, 0.2) is 13.5 Å². The SMILES string of the molecule is Cc1cc2cc3cn(nc13)COC(=O)C(C)C/C=C\CC(C)C(=O)OCn1c(=O)c(cc3ccccc31)C1CCN(CC1)C(=O)NC(C(=O)N1CCN(C3CCN(C)CC3)CC1)C2. The molecule has 7 bridgehead atoms. The summed E-state index contributed by atoms with van der Waals surface area (Å²) in [5.74, 6) is -1.90. The average molecular weight is 863 g/mol. The Kier molecular flexibility index (Phi) is 13.6. The lowest BCUT2D eigenvalue weighted by Gasteiger charge is -2.43. The highest BCUT2D eigenvalue weighted by molar-refractivity contribution is 5.88. The number of nitrogens with one attached hydrogen (secondary N) is 1. The van der Waals surface area contributed by atoms with Crippen molar-refractivity contribution in [3.8, 4) is 0 Å². The number of aromatic nitrogens is 3. The maximum atomic E-state index is 14.5. The molecule has 336 valence electrons. The first-order chi connectivity index (χ1) is 30.4. The molecule has 5 aliphatic rings. The van der Waals surface area contributed by atoms with Gasteiger partial charge in [-0.3, -0.25) is 28.6 Å². The van der Waals surface area contributed by atoms with Crippen molar-refractivity contribution in [2.24, 2.45) is 11.8 Å². The summed E-state index contributed by atoms with van der Waals surface area (Å²) in [6.07, 6.45) is 10.1. The first-order valence-electron chi connectivity index (χ1n) is 22.8. The van der Waals surface area contributed by atoms with Crippen molar-refractivity contribution in [1.82, 2.24) is 39.3 Å². The molecule has 7 heterocycles. The number of urea groups is 1. The molecule has 3 saturated heterocycles. The molecule has 0 saturated carbocycles. The molecule has 3 atom stereocenters. The van der Waals surface area contributed by atoms with Crippen LogP contribution in [0.3, 0.4) is 0 Å². The van der Waals surface area contributed by atoms with Crippen LogP contribution in [0.1, 0.15) is 75.0 Å². The number of esters is 2. The number of amides is 3. The molecule has 3 fully saturated rings. The fourth-order valence-corrected chi connectivity index (χ4v) is 9.68. The number of nitrogens with zero attached hydrogens (tertiary/aromatic N) is 7. The van der Waals surface area contributed by atoms with E-state index in [-0.39, 0.29) is 49.3 Å². The Balaban J connectivity index is 1.05. The first-order valence-corrected chi connectivity index (χ1v) is 22.8. The smallest absolute Gasteiger partial charge is 0.318 e. The van der Waals surface area contributed by atoms with Crippen LogP contribution < -0.4 is 10.9 Å². The summed E-state index contributed by atoms with van der Waals surface area (Å²) < 4.78 is 14.5. The van der Waals surface area contributed by atoms with E-state index in [9.17, 15) is 24.0 Å². The van der Waals surface area contributed by atoms with Gasteiger partial charge in [-0.2, -0.15) is 5.10 Å². The Labute approximate surface area is 368 Å². The van der Waals surface area contributed by atoms with E-state index in [4.69, 9.17) is 14.6 Å². The molecule has 63 heavy (non-hydrogen) atoms. The average Bonchev–Trinajstić information content (AvgIpc) is 3.72. The number of aryl methyl sites for hydroxylation is 1. The summed E-state index contributed by atoms with van der Waals surface area (Å²) in [5, 5.41) is 9.57. The number of pyridine rings is 1. The molecule has 0 radical (unpaired) electrons. The van der Waals surface area contributed by atoms with Gasteiger partial charge < -0.3 is 29.5 Å². The number of benzene rings is 2. The van der Waals surface area contributed by atoms with Crippen molar-refractivity contribution in [2.75, 3.05) is 59.4 Å². The lowest BCUT2D eigenvalue weighted by Crippen LogP contribution is -2.59. The van der Waals surface area contributed by atoms with Crippen molar-refractivity contribution in [3.05, 3.63) is 87.9 Å². The molecule has 9 rings (SSSR count). The molecule has 15 heteroatoms. The third-order valence-corrected chi connectivity index (χ3v) is 13.7. The summed E-state index contributed by atoms with van der Waals surface area (Å²) in [5.41, 5.74) is 3.64. The van der Waals surface area contributed by atoms with Crippen LogP contribution in [0.2, 0.25) is 0 Å². The quantitative estimate of drug-likeness (QED) is 0.215. The molecule has 5 aliphatic heterocycles. The number of carbonyl (C=O) groups excluding carboxylic acids is 4. The van der Waals surface area contributed by atoms with Crippen molar-refractivity contribution >= 4 is 45.7 Å². The van der Waals surface area contributed by atoms with E-state index >= 15 is 0 Å². The van der Waals surface area contributed by atoms with Crippen LogP contribution in [-0.2, 0) is 43.7 Å². The van der Waals surface area contributed by atoms with Gasteiger partial charge in [0.2, 0.25) is 5.91 Å². The summed E-state index contributed by atoms with van der Waals surface area (Å²) in [6, 6.07) is 12.9. The van der Waals surface area contributed by atoms with Crippen LogP contribution in [0.15, 0.2) is 65.6 Å². The summed E-state index contributed by atoms with van der Waals surface area (Å²) in [6.45, 7) is 11.0. The molecular weight excluding hydrogens is 801 g/mol. The van der Waals surface area contributed by atoms with Gasteiger partial charge in [-0.15, -0.1) is 0 Å². The van der Waals surface area contributed by atoms with Gasteiger partial charge >= 0.3 is 18.0 Å². The lowest BCUT2D eigenvalue weighted by atomic mass is 9.89. The Bertz CT molecular complexity index is 2400. The van der Waals surface area contributed by atoms with Crippen LogP contribution in [0, 0.1) is 18.8 Å². The number of piperidine rings is 2. The van der Waals surface area contributed by atoms with Crippen LogP contribution >= 0.6 is 0 Å². The van der Waals surface area contributed by atoms with Crippen molar-refractivity contribution in [3.63, 3.8) is 0 Å². The van der Waals surface area contributed by atoms with Gasteiger partial charge in [0.25, 0.3) is 5.56 Å². The summed E-state index contributed by atoms with van der Waals surface area (Å²) in [4.78, 5) is 77.6. The monoisotopic (exact) mass is 862 g/mol. The summed E-state index contributed by atoms with van der Waals surface area (Å²) >= 11 is 0. The lowest BCUT2D eigenvalue weighted by molar-refractivity contribution is -0.152. The molecule has 2 aromatic carbocycles. The van der Waals surface area contributed by atoms with Crippen LogP contribution in [0.5, 0.6) is 0 Å². The highest BCUT2D eigenvalue weighted by atomic mass is 16.5. The third-order valence-electron chi connectivity index (χ3n) is 13.7. The van der Waals surface area contributed by atoms with Gasteiger partial charge in [0, 0.05) is 68.9 Å². The van der Waals surface area contributed by atoms with E-state index in [0.717, 1.165) is 66.4 Å². The molecule has 0 aliphatic carbocycles. The van der Waals surface area contributed by atoms with E-state index in [0.29, 0.717) is 69.0 Å². The van der Waals surface area contributed by atoms with Crippen LogP contribution in [0.4, 0.5) is 4.79 Å². The minimum atomic E-state index is -0.807. The number of carbonyl (C=O) groups is 4. The Morgan fingerprint density at radius 2 is 1.44 bits per heavy atom. The topological polar surface area (TPSA) is 152 Å². The Hall–Kier alpha value is -5.54. The summed E-state index contributed by atoms with van der Waals surface area (Å²) in [7, 11) is 2.17. The van der Waals surface area contributed by atoms with Gasteiger partial charge in [0.05, 0.1) is 22.9 Å². The number of fused-ring (bicyclic) bond motifs is 16. The number of allylic oxidation sites excluding steroid dienone is 2. The van der Waals surface area contributed by atoms with E-state index in [1.165, 1.54) is 4.57 Å². The molecule has 4 aromatic rings. The minimum Gasteiger partial charge on any atom is -0.444 e. The van der Waals surface area contributed by atoms with E-state index < -0.39 is 23.8 Å². The predicted octanol–water partition coefficient (Wildman–Crippen LogP) is 5.02.